The summed E-state index contributed by atoms with van der Waals surface area (Å²) in [6.07, 6.45) is -4.64. The minimum atomic E-state index is -4.64. The molecule has 1 heterocycles. The molecule has 18 heavy (non-hydrogen) atoms. The third kappa shape index (κ3) is 3.45. The number of carbonyl (C=O) groups is 1. The van der Waals surface area contributed by atoms with Gasteiger partial charge >= 0.3 is 6.18 Å². The molecule has 0 aliphatic rings. The number of hydrogen-bond acceptors (Lipinski definition) is 6. The number of nitrogens with zero attached hydrogens (tertiary/aromatic N) is 3. The zero-order valence-electron chi connectivity index (χ0n) is 9.32. The zero-order valence-corrected chi connectivity index (χ0v) is 9.32. The number of carbonyl (C=O) groups excluding carboxylic acids is 1. The summed E-state index contributed by atoms with van der Waals surface area (Å²) in [5, 5.41) is 0. The lowest BCUT2D eigenvalue weighted by Gasteiger charge is -2.18. The number of nitrogen functional groups attached to an aromatic ring is 1. The Bertz CT molecular complexity index is 449. The van der Waals surface area contributed by atoms with Crippen LogP contribution in [0.15, 0.2) is 6.07 Å². The molecule has 0 bridgehead atoms. The number of nitrogens with one attached hydrogen (secondary N) is 1. The van der Waals surface area contributed by atoms with E-state index in [0.717, 1.165) is 4.90 Å². The van der Waals surface area contributed by atoms with Gasteiger partial charge in [-0.05, 0) is 0 Å². The first kappa shape index (κ1) is 14.0. The van der Waals surface area contributed by atoms with E-state index in [-0.39, 0.29) is 12.4 Å². The van der Waals surface area contributed by atoms with Crippen molar-refractivity contribution in [1.29, 1.82) is 0 Å². The molecule has 0 aliphatic carbocycles. The fraction of sp³-hybridized carbons (Fsp3) is 0.375. The Morgan fingerprint density at radius 2 is 2.11 bits per heavy atom. The molecule has 0 spiro atoms. The zero-order chi connectivity index (χ0) is 13.9. The van der Waals surface area contributed by atoms with Crippen LogP contribution < -0.4 is 21.9 Å². The van der Waals surface area contributed by atoms with Crippen LogP contribution in [0, 0.1) is 0 Å². The van der Waals surface area contributed by atoms with Crippen LogP contribution in [-0.4, -0.2) is 29.5 Å². The largest absolute Gasteiger partial charge is 0.433 e. The third-order valence-electron chi connectivity index (χ3n) is 1.92. The monoisotopic (exact) mass is 264 g/mol. The van der Waals surface area contributed by atoms with E-state index in [1.165, 1.54) is 7.05 Å². The van der Waals surface area contributed by atoms with E-state index in [0.29, 0.717) is 6.07 Å². The number of anilines is 2. The van der Waals surface area contributed by atoms with Crippen molar-refractivity contribution in [2.75, 3.05) is 23.9 Å². The summed E-state index contributed by atoms with van der Waals surface area (Å²) in [6, 6.07) is 0.698. The van der Waals surface area contributed by atoms with Crippen LogP contribution in [0.2, 0.25) is 0 Å². The summed E-state index contributed by atoms with van der Waals surface area (Å²) < 4.78 is 37.6. The summed E-state index contributed by atoms with van der Waals surface area (Å²) in [4.78, 5) is 18.7. The highest BCUT2D eigenvalue weighted by molar-refractivity contribution is 5.79. The quantitative estimate of drug-likeness (QED) is 0.509. The van der Waals surface area contributed by atoms with Crippen molar-refractivity contribution in [3.05, 3.63) is 11.8 Å². The number of aromatic nitrogens is 2. The smallest absolute Gasteiger partial charge is 0.368 e. The van der Waals surface area contributed by atoms with Gasteiger partial charge < -0.3 is 10.6 Å². The molecule has 100 valence electrons. The molecule has 1 aromatic heterocycles. The van der Waals surface area contributed by atoms with Crippen LogP contribution in [0.4, 0.5) is 24.9 Å². The molecule has 0 saturated carbocycles. The van der Waals surface area contributed by atoms with Gasteiger partial charge in [0.1, 0.15) is 5.82 Å². The molecular formula is C8H11F3N6O. The normalized spacial score (nSPS) is 11.2. The van der Waals surface area contributed by atoms with Crippen LogP contribution in [0.1, 0.15) is 5.69 Å². The molecule has 0 aliphatic heterocycles. The van der Waals surface area contributed by atoms with Gasteiger partial charge in [-0.3, -0.25) is 10.2 Å². The van der Waals surface area contributed by atoms with Crippen molar-refractivity contribution in [3.8, 4) is 0 Å². The van der Waals surface area contributed by atoms with Gasteiger partial charge in [0.2, 0.25) is 11.9 Å². The maximum absolute atomic E-state index is 12.5. The second-order valence-corrected chi connectivity index (χ2v) is 3.40. The molecule has 0 aromatic carbocycles. The number of hydrazine groups is 1. The predicted octanol–water partition coefficient (Wildman–Crippen LogP) is -0.298. The van der Waals surface area contributed by atoms with Gasteiger partial charge in [0.25, 0.3) is 0 Å². The predicted molar refractivity (Wildman–Crippen MR) is 57.3 cm³/mol. The molecule has 1 amide bonds. The van der Waals surface area contributed by atoms with E-state index >= 15 is 0 Å². The molecule has 10 heteroatoms. The number of primary amides is 1. The Kier molecular flexibility index (Phi) is 3.91. The van der Waals surface area contributed by atoms with Crippen molar-refractivity contribution >= 4 is 17.7 Å². The standard InChI is InChI=1S/C8H11F3N6O/c1-17(3-5(12)18)6-2-4(8(9,10)11)14-7(15-6)16-13/h2H,3,13H2,1H3,(H2,12,18)(H,14,15,16). The summed E-state index contributed by atoms with van der Waals surface area (Å²) in [7, 11) is 1.37. The third-order valence-corrected chi connectivity index (χ3v) is 1.92. The number of nitrogens with two attached hydrogens (primary N) is 2. The maximum Gasteiger partial charge on any atom is 0.433 e. The second-order valence-electron chi connectivity index (χ2n) is 3.40. The first-order valence-electron chi connectivity index (χ1n) is 4.66. The lowest BCUT2D eigenvalue weighted by Crippen LogP contribution is -2.31. The number of likely N-dealkylation sites (N-methyl/N-ethyl adjacent to an activating group) is 1. The van der Waals surface area contributed by atoms with Gasteiger partial charge in [-0.2, -0.15) is 18.2 Å². The first-order valence-corrected chi connectivity index (χ1v) is 4.66. The molecule has 7 nitrogen and oxygen atoms in total. The average molecular weight is 264 g/mol. The lowest BCUT2D eigenvalue weighted by atomic mass is 10.3. The molecule has 0 saturated heterocycles. The van der Waals surface area contributed by atoms with Gasteiger partial charge in [-0.1, -0.05) is 0 Å². The molecule has 0 unspecified atom stereocenters. The molecule has 1 aromatic rings. The van der Waals surface area contributed by atoms with Gasteiger partial charge in [-0.15, -0.1) is 0 Å². The maximum atomic E-state index is 12.5. The van der Waals surface area contributed by atoms with Gasteiger partial charge in [0.05, 0.1) is 6.54 Å². The van der Waals surface area contributed by atoms with Crippen LogP contribution in [-0.2, 0) is 11.0 Å². The number of amides is 1. The molecular weight excluding hydrogens is 253 g/mol. The second kappa shape index (κ2) is 5.04. The number of alkyl halides is 3. The van der Waals surface area contributed by atoms with E-state index in [4.69, 9.17) is 11.6 Å². The Balaban J connectivity index is 3.15. The van der Waals surface area contributed by atoms with Crippen molar-refractivity contribution in [3.63, 3.8) is 0 Å². The summed E-state index contributed by atoms with van der Waals surface area (Å²) in [5.74, 6) is 3.75. The minimum absolute atomic E-state index is 0.121. The lowest BCUT2D eigenvalue weighted by molar-refractivity contribution is -0.141. The summed E-state index contributed by atoms with van der Waals surface area (Å²) >= 11 is 0. The highest BCUT2D eigenvalue weighted by atomic mass is 19.4. The van der Waals surface area contributed by atoms with Gasteiger partial charge in [-0.25, -0.2) is 10.8 Å². The van der Waals surface area contributed by atoms with Crippen molar-refractivity contribution < 1.29 is 18.0 Å². The highest BCUT2D eigenvalue weighted by Crippen LogP contribution is 2.30. The van der Waals surface area contributed by atoms with E-state index in [1.54, 1.807) is 0 Å². The molecule has 0 fully saturated rings. The first-order chi connectivity index (χ1) is 8.24. The van der Waals surface area contributed by atoms with Gasteiger partial charge in [0, 0.05) is 13.1 Å². The molecule has 0 radical (unpaired) electrons. The fourth-order valence-electron chi connectivity index (χ4n) is 1.15. The summed E-state index contributed by atoms with van der Waals surface area (Å²) in [6.45, 7) is -0.279. The SMILES string of the molecule is CN(CC(N)=O)c1cc(C(F)(F)F)nc(NN)n1. The number of halogens is 3. The van der Waals surface area contributed by atoms with Crippen molar-refractivity contribution in [1.82, 2.24) is 9.97 Å². The molecule has 1 rings (SSSR count). The van der Waals surface area contributed by atoms with Crippen LogP contribution >= 0.6 is 0 Å². The van der Waals surface area contributed by atoms with Crippen molar-refractivity contribution in [2.24, 2.45) is 11.6 Å². The summed E-state index contributed by atoms with van der Waals surface area (Å²) in [5.41, 5.74) is 5.69. The fourth-order valence-corrected chi connectivity index (χ4v) is 1.15. The van der Waals surface area contributed by atoms with Crippen LogP contribution in [0.3, 0.4) is 0 Å². The Hall–Kier alpha value is -2.10. The topological polar surface area (TPSA) is 110 Å². The van der Waals surface area contributed by atoms with E-state index in [1.807, 2.05) is 5.43 Å². The minimum Gasteiger partial charge on any atom is -0.368 e. The van der Waals surface area contributed by atoms with E-state index < -0.39 is 23.7 Å². The molecule has 0 atom stereocenters. The van der Waals surface area contributed by atoms with E-state index in [2.05, 4.69) is 9.97 Å². The van der Waals surface area contributed by atoms with E-state index in [9.17, 15) is 18.0 Å². The Labute approximate surface area is 99.9 Å². The van der Waals surface area contributed by atoms with Gasteiger partial charge in [0.15, 0.2) is 5.69 Å². The number of hydrogen-bond donors (Lipinski definition) is 3. The van der Waals surface area contributed by atoms with Crippen molar-refractivity contribution in [2.45, 2.75) is 6.18 Å². The van der Waals surface area contributed by atoms with Crippen LogP contribution in [0.5, 0.6) is 0 Å². The molecule has 5 N–H and O–H groups in total. The Morgan fingerprint density at radius 1 is 1.50 bits per heavy atom. The van der Waals surface area contributed by atoms with Crippen LogP contribution in [0.25, 0.3) is 0 Å². The highest BCUT2D eigenvalue weighted by Gasteiger charge is 2.34. The number of rotatable bonds is 4. The Morgan fingerprint density at radius 3 is 2.56 bits per heavy atom. The average Bonchev–Trinajstić information content (AvgIpc) is 2.26.